The van der Waals surface area contributed by atoms with Gasteiger partial charge in [-0.25, -0.2) is 13.1 Å². The molecule has 2 aromatic rings. The Balaban J connectivity index is 2.38. The number of hydrogen-bond donors (Lipinski definition) is 1. The summed E-state index contributed by atoms with van der Waals surface area (Å²) in [4.78, 5) is 0.269. The molecule has 1 heterocycles. The molecule has 19 heavy (non-hydrogen) atoms. The van der Waals surface area contributed by atoms with Crippen LogP contribution in [0.5, 0.6) is 0 Å². The number of aromatic nitrogens is 3. The molecule has 0 bridgehead atoms. The van der Waals surface area contributed by atoms with Gasteiger partial charge in [0, 0.05) is 13.3 Å². The Morgan fingerprint density at radius 1 is 1.32 bits per heavy atom. The molecule has 8 heteroatoms. The third-order valence-corrected chi connectivity index (χ3v) is 4.48. The molecule has 0 aliphatic rings. The van der Waals surface area contributed by atoms with Gasteiger partial charge in [-0.05, 0) is 33.6 Å². The lowest BCUT2D eigenvalue weighted by Gasteiger charge is -2.12. The molecule has 1 aromatic carbocycles. The van der Waals surface area contributed by atoms with Gasteiger partial charge in [-0.15, -0.1) is 5.10 Å². The number of hydrogen-bond acceptors (Lipinski definition) is 5. The average molecular weight is 345 g/mol. The molecular weight excluding hydrogens is 332 g/mol. The first kappa shape index (κ1) is 14.2. The standard InChI is InChI=1S/C11H13BrN4O2S/c1-16-10(11(12)14-15-16)9(13)7-3-5-8(6-4-7)19(2,17)18/h3-6,9H,13H2,1-2H3. The zero-order chi connectivity index (χ0) is 14.2. The van der Waals surface area contributed by atoms with Crippen LogP contribution >= 0.6 is 15.9 Å². The maximum atomic E-state index is 11.4. The van der Waals surface area contributed by atoms with Crippen molar-refractivity contribution in [3.8, 4) is 0 Å². The van der Waals surface area contributed by atoms with Crippen molar-refractivity contribution >= 4 is 25.8 Å². The highest BCUT2D eigenvalue weighted by atomic mass is 79.9. The van der Waals surface area contributed by atoms with E-state index in [9.17, 15) is 8.42 Å². The summed E-state index contributed by atoms with van der Waals surface area (Å²) >= 11 is 3.29. The molecule has 2 N–H and O–H groups in total. The monoisotopic (exact) mass is 344 g/mol. The average Bonchev–Trinajstić information content (AvgIpc) is 2.67. The van der Waals surface area contributed by atoms with Crippen molar-refractivity contribution in [3.05, 3.63) is 40.1 Å². The van der Waals surface area contributed by atoms with Gasteiger partial charge in [-0.2, -0.15) is 0 Å². The van der Waals surface area contributed by atoms with Gasteiger partial charge in [0.1, 0.15) is 0 Å². The Hall–Kier alpha value is -1.25. The van der Waals surface area contributed by atoms with E-state index < -0.39 is 15.9 Å². The van der Waals surface area contributed by atoms with Crippen LogP contribution in [0.1, 0.15) is 17.3 Å². The van der Waals surface area contributed by atoms with Gasteiger partial charge in [-0.3, -0.25) is 0 Å². The van der Waals surface area contributed by atoms with Crippen LogP contribution in [0, 0.1) is 0 Å². The first-order chi connectivity index (χ1) is 8.80. The van der Waals surface area contributed by atoms with E-state index in [1.54, 1.807) is 36.0 Å². The molecule has 2 rings (SSSR count). The predicted octanol–water partition coefficient (Wildman–Crippen LogP) is 1.03. The zero-order valence-electron chi connectivity index (χ0n) is 10.4. The minimum absolute atomic E-state index is 0.269. The van der Waals surface area contributed by atoms with Crippen LogP contribution in [0.2, 0.25) is 0 Å². The molecule has 1 unspecified atom stereocenters. The summed E-state index contributed by atoms with van der Waals surface area (Å²) in [5, 5.41) is 7.74. The summed E-state index contributed by atoms with van der Waals surface area (Å²) in [5.41, 5.74) is 7.66. The lowest BCUT2D eigenvalue weighted by molar-refractivity contribution is 0.601. The number of benzene rings is 1. The Kier molecular flexibility index (Phi) is 3.75. The first-order valence-electron chi connectivity index (χ1n) is 5.41. The van der Waals surface area contributed by atoms with Gasteiger partial charge in [-0.1, -0.05) is 17.3 Å². The fourth-order valence-electron chi connectivity index (χ4n) is 1.75. The van der Waals surface area contributed by atoms with Gasteiger partial charge in [0.25, 0.3) is 0 Å². The number of aryl methyl sites for hydroxylation is 1. The van der Waals surface area contributed by atoms with Crippen molar-refractivity contribution in [2.75, 3.05) is 6.26 Å². The zero-order valence-corrected chi connectivity index (χ0v) is 12.8. The maximum Gasteiger partial charge on any atom is 0.175 e. The molecule has 0 radical (unpaired) electrons. The third-order valence-electron chi connectivity index (χ3n) is 2.79. The Morgan fingerprint density at radius 2 is 1.89 bits per heavy atom. The Labute approximate surface area is 119 Å². The number of rotatable bonds is 3. The second kappa shape index (κ2) is 5.03. The van der Waals surface area contributed by atoms with Gasteiger partial charge in [0.15, 0.2) is 14.4 Å². The minimum atomic E-state index is -3.20. The summed E-state index contributed by atoms with van der Waals surface area (Å²) < 4.78 is 24.9. The van der Waals surface area contributed by atoms with Crippen LogP contribution in [0.15, 0.2) is 33.8 Å². The van der Waals surface area contributed by atoms with Gasteiger partial charge < -0.3 is 5.73 Å². The van der Waals surface area contributed by atoms with Crippen molar-refractivity contribution in [2.24, 2.45) is 12.8 Å². The quantitative estimate of drug-likeness (QED) is 0.897. The van der Waals surface area contributed by atoms with Crippen LogP contribution in [0.25, 0.3) is 0 Å². The van der Waals surface area contributed by atoms with Gasteiger partial charge in [0.05, 0.1) is 16.6 Å². The van der Waals surface area contributed by atoms with E-state index >= 15 is 0 Å². The van der Waals surface area contributed by atoms with Crippen molar-refractivity contribution in [2.45, 2.75) is 10.9 Å². The molecule has 0 aliphatic carbocycles. The van der Waals surface area contributed by atoms with Crippen molar-refractivity contribution in [1.29, 1.82) is 0 Å². The number of sulfone groups is 1. The highest BCUT2D eigenvalue weighted by molar-refractivity contribution is 9.10. The Morgan fingerprint density at radius 3 is 2.32 bits per heavy atom. The summed E-state index contributed by atoms with van der Waals surface area (Å²) in [5.74, 6) is 0. The Bertz CT molecular complexity index is 674. The van der Waals surface area contributed by atoms with Crippen LogP contribution in [-0.4, -0.2) is 29.7 Å². The van der Waals surface area contributed by atoms with Crippen LogP contribution in [0.3, 0.4) is 0 Å². The normalized spacial score (nSPS) is 13.5. The topological polar surface area (TPSA) is 90.9 Å². The van der Waals surface area contributed by atoms with Crippen molar-refractivity contribution in [1.82, 2.24) is 15.0 Å². The number of halogens is 1. The summed E-state index contributed by atoms with van der Waals surface area (Å²) in [7, 11) is -1.45. The lowest BCUT2D eigenvalue weighted by atomic mass is 10.1. The fraction of sp³-hybridized carbons (Fsp3) is 0.273. The molecule has 0 saturated heterocycles. The van der Waals surface area contributed by atoms with Crippen LogP contribution < -0.4 is 5.73 Å². The third kappa shape index (κ3) is 2.85. The van der Waals surface area contributed by atoms with E-state index in [-0.39, 0.29) is 4.90 Å². The molecule has 0 amide bonds. The second-order valence-electron chi connectivity index (χ2n) is 4.21. The van der Waals surface area contributed by atoms with E-state index in [0.29, 0.717) is 4.60 Å². The maximum absolute atomic E-state index is 11.4. The molecule has 0 saturated carbocycles. The molecule has 0 fully saturated rings. The van der Waals surface area contributed by atoms with Gasteiger partial charge >= 0.3 is 0 Å². The predicted molar refractivity (Wildman–Crippen MR) is 74.3 cm³/mol. The molecule has 1 aromatic heterocycles. The van der Waals surface area contributed by atoms with Crippen LogP contribution in [-0.2, 0) is 16.9 Å². The van der Waals surface area contributed by atoms with Gasteiger partial charge in [0.2, 0.25) is 0 Å². The number of nitrogens with two attached hydrogens (primary N) is 1. The minimum Gasteiger partial charge on any atom is -0.319 e. The summed E-state index contributed by atoms with van der Waals surface area (Å²) in [6.45, 7) is 0. The molecule has 102 valence electrons. The van der Waals surface area contributed by atoms with E-state index in [1.165, 1.54) is 6.26 Å². The van der Waals surface area contributed by atoms with Crippen LogP contribution in [0.4, 0.5) is 0 Å². The summed E-state index contributed by atoms with van der Waals surface area (Å²) in [6, 6.07) is 6.05. The second-order valence-corrected chi connectivity index (χ2v) is 6.97. The first-order valence-corrected chi connectivity index (χ1v) is 8.10. The van der Waals surface area contributed by atoms with Crippen molar-refractivity contribution in [3.63, 3.8) is 0 Å². The molecule has 0 spiro atoms. The SMILES string of the molecule is Cn1nnc(Br)c1C(N)c1ccc(S(C)(=O)=O)cc1. The molecule has 6 nitrogen and oxygen atoms in total. The fourth-order valence-corrected chi connectivity index (χ4v) is 2.95. The smallest absolute Gasteiger partial charge is 0.175 e. The van der Waals surface area contributed by atoms with E-state index in [4.69, 9.17) is 5.73 Å². The van der Waals surface area contributed by atoms with Crippen molar-refractivity contribution < 1.29 is 8.42 Å². The van der Waals surface area contributed by atoms with E-state index in [2.05, 4.69) is 26.2 Å². The summed E-state index contributed by atoms with van der Waals surface area (Å²) in [6.07, 6.45) is 1.17. The largest absolute Gasteiger partial charge is 0.319 e. The highest BCUT2D eigenvalue weighted by Crippen LogP contribution is 2.25. The number of nitrogens with zero attached hydrogens (tertiary/aromatic N) is 3. The highest BCUT2D eigenvalue weighted by Gasteiger charge is 2.18. The molecule has 1 atom stereocenters. The lowest BCUT2D eigenvalue weighted by Crippen LogP contribution is -2.16. The van der Waals surface area contributed by atoms with E-state index in [1.807, 2.05) is 0 Å². The molecule has 0 aliphatic heterocycles. The molecular formula is C11H13BrN4O2S. The van der Waals surface area contributed by atoms with E-state index in [0.717, 1.165) is 11.3 Å².